The number of hydrogen-bond acceptors (Lipinski definition) is 3. The van der Waals surface area contributed by atoms with Gasteiger partial charge in [0.15, 0.2) is 5.75 Å². The van der Waals surface area contributed by atoms with Gasteiger partial charge in [-0.05, 0) is 18.2 Å². The second kappa shape index (κ2) is 3.36. The van der Waals surface area contributed by atoms with Gasteiger partial charge in [0.2, 0.25) is 0 Å². The van der Waals surface area contributed by atoms with E-state index in [1.54, 1.807) is 12.3 Å². The van der Waals surface area contributed by atoms with Crippen LogP contribution in [-0.2, 0) is 0 Å². The second-order valence-electron chi connectivity index (χ2n) is 2.80. The van der Waals surface area contributed by atoms with Crippen LogP contribution in [0.25, 0.3) is 10.9 Å². The first-order chi connectivity index (χ1) is 6.85. The smallest absolute Gasteiger partial charge is 0.157 e. The lowest BCUT2D eigenvalue weighted by Crippen LogP contribution is -2.02. The lowest BCUT2D eigenvalue weighted by molar-refractivity contribution is 0.338. The summed E-state index contributed by atoms with van der Waals surface area (Å²) in [6.45, 7) is 0. The minimum absolute atomic E-state index is 0.576. The molecule has 0 radical (unpaired) electrons. The lowest BCUT2D eigenvalue weighted by atomic mass is 10.1. The Morgan fingerprint density at radius 2 is 2.21 bits per heavy atom. The summed E-state index contributed by atoms with van der Waals surface area (Å²) >= 11 is 0. The van der Waals surface area contributed by atoms with Crippen LogP contribution in [0, 0.1) is 12.3 Å². The van der Waals surface area contributed by atoms with Gasteiger partial charge < -0.3 is 4.84 Å². The van der Waals surface area contributed by atoms with Crippen molar-refractivity contribution in [2.24, 2.45) is 5.90 Å². The molecule has 0 aliphatic rings. The van der Waals surface area contributed by atoms with E-state index in [4.69, 9.17) is 17.2 Å². The summed E-state index contributed by atoms with van der Waals surface area (Å²) in [7, 11) is 0. The molecule has 1 aromatic carbocycles. The van der Waals surface area contributed by atoms with Crippen molar-refractivity contribution in [3.63, 3.8) is 0 Å². The topological polar surface area (TPSA) is 48.1 Å². The van der Waals surface area contributed by atoms with Gasteiger partial charge in [-0.3, -0.25) is 4.98 Å². The molecule has 0 atom stereocenters. The molecule has 1 aromatic heterocycles. The summed E-state index contributed by atoms with van der Waals surface area (Å²) < 4.78 is 0. The lowest BCUT2D eigenvalue weighted by Gasteiger charge is -2.03. The summed E-state index contributed by atoms with van der Waals surface area (Å²) in [5.74, 6) is 8.25. The van der Waals surface area contributed by atoms with Crippen LogP contribution in [0.2, 0.25) is 0 Å². The van der Waals surface area contributed by atoms with E-state index in [0.29, 0.717) is 5.75 Å². The average Bonchev–Trinajstić information content (AvgIpc) is 2.27. The Hall–Kier alpha value is -2.05. The molecule has 0 amide bonds. The van der Waals surface area contributed by atoms with Crippen molar-refractivity contribution in [3.05, 3.63) is 36.0 Å². The van der Waals surface area contributed by atoms with E-state index in [-0.39, 0.29) is 0 Å². The van der Waals surface area contributed by atoms with E-state index < -0.39 is 0 Å². The Morgan fingerprint density at radius 1 is 1.36 bits per heavy atom. The number of terminal acetylenes is 1. The summed E-state index contributed by atoms with van der Waals surface area (Å²) in [6, 6.07) is 7.19. The molecule has 0 bridgehead atoms. The fourth-order valence-electron chi connectivity index (χ4n) is 1.31. The molecule has 0 spiro atoms. The summed E-state index contributed by atoms with van der Waals surface area (Å²) in [5, 5.41) is 0.824. The number of benzene rings is 1. The van der Waals surface area contributed by atoms with Gasteiger partial charge >= 0.3 is 0 Å². The molecule has 0 aliphatic heterocycles. The minimum atomic E-state index is 0.576. The molecule has 0 saturated heterocycles. The fourth-order valence-corrected chi connectivity index (χ4v) is 1.31. The molecular weight excluding hydrogens is 176 g/mol. The Bertz CT molecular complexity index is 514. The summed E-state index contributed by atoms with van der Waals surface area (Å²) in [5.41, 5.74) is 1.59. The Balaban J connectivity index is 2.78. The van der Waals surface area contributed by atoms with E-state index in [1.165, 1.54) is 0 Å². The maximum absolute atomic E-state index is 5.29. The molecule has 0 saturated carbocycles. The van der Waals surface area contributed by atoms with Gasteiger partial charge in [0.25, 0.3) is 0 Å². The number of aromatic nitrogens is 1. The van der Waals surface area contributed by atoms with Crippen LogP contribution >= 0.6 is 0 Å². The number of fused-ring (bicyclic) bond motifs is 1. The molecule has 14 heavy (non-hydrogen) atoms. The number of pyridine rings is 1. The third-order valence-electron chi connectivity index (χ3n) is 2.00. The molecule has 3 heteroatoms. The van der Waals surface area contributed by atoms with Gasteiger partial charge in [-0.1, -0.05) is 5.92 Å². The molecule has 68 valence electrons. The van der Waals surface area contributed by atoms with Crippen molar-refractivity contribution in [1.29, 1.82) is 0 Å². The molecule has 0 fully saturated rings. The standard InChI is InChI=1S/C11H8N2O/c1-2-8-3-4-10-9(7-8)11(14-12)5-6-13-10/h1,3-7H,12H2. The van der Waals surface area contributed by atoms with Gasteiger partial charge in [0.05, 0.1) is 5.52 Å². The third kappa shape index (κ3) is 1.28. The summed E-state index contributed by atoms with van der Waals surface area (Å²) in [6.07, 6.45) is 6.93. The monoisotopic (exact) mass is 184 g/mol. The number of rotatable bonds is 1. The molecule has 2 aromatic rings. The van der Waals surface area contributed by atoms with Crippen molar-refractivity contribution in [1.82, 2.24) is 4.98 Å². The molecular formula is C11H8N2O. The van der Waals surface area contributed by atoms with Gasteiger partial charge in [0.1, 0.15) is 0 Å². The van der Waals surface area contributed by atoms with E-state index in [0.717, 1.165) is 16.5 Å². The normalized spacial score (nSPS) is 9.71. The molecule has 2 N–H and O–H groups in total. The Labute approximate surface area is 81.5 Å². The Morgan fingerprint density at radius 3 is 2.93 bits per heavy atom. The first-order valence-corrected chi connectivity index (χ1v) is 4.07. The van der Waals surface area contributed by atoms with Crippen molar-refractivity contribution in [2.45, 2.75) is 0 Å². The predicted molar refractivity (Wildman–Crippen MR) is 54.5 cm³/mol. The van der Waals surface area contributed by atoms with E-state index in [2.05, 4.69) is 10.9 Å². The first kappa shape index (κ1) is 8.54. The number of nitrogens with zero attached hydrogens (tertiary/aromatic N) is 1. The highest BCUT2D eigenvalue weighted by molar-refractivity contribution is 5.86. The van der Waals surface area contributed by atoms with Crippen molar-refractivity contribution < 1.29 is 4.84 Å². The van der Waals surface area contributed by atoms with Crippen LogP contribution in [0.5, 0.6) is 5.75 Å². The van der Waals surface area contributed by atoms with Crippen LogP contribution in [0.3, 0.4) is 0 Å². The number of hydrogen-bond donors (Lipinski definition) is 1. The Kier molecular flexibility index (Phi) is 2.05. The van der Waals surface area contributed by atoms with Gasteiger partial charge in [-0.15, -0.1) is 6.42 Å². The minimum Gasteiger partial charge on any atom is -0.411 e. The van der Waals surface area contributed by atoms with Crippen molar-refractivity contribution >= 4 is 10.9 Å². The van der Waals surface area contributed by atoms with Gasteiger partial charge in [0, 0.05) is 23.2 Å². The van der Waals surface area contributed by atoms with Crippen LogP contribution in [0.4, 0.5) is 0 Å². The quantitative estimate of drug-likeness (QED) is 0.539. The van der Waals surface area contributed by atoms with Crippen molar-refractivity contribution in [2.75, 3.05) is 0 Å². The maximum Gasteiger partial charge on any atom is 0.157 e. The van der Waals surface area contributed by atoms with Gasteiger partial charge in [-0.2, -0.15) is 5.90 Å². The van der Waals surface area contributed by atoms with Crippen LogP contribution in [0.15, 0.2) is 30.5 Å². The number of nitrogens with two attached hydrogens (primary N) is 1. The zero-order chi connectivity index (χ0) is 9.97. The second-order valence-corrected chi connectivity index (χ2v) is 2.80. The van der Waals surface area contributed by atoms with Gasteiger partial charge in [-0.25, -0.2) is 0 Å². The molecule has 3 nitrogen and oxygen atoms in total. The highest BCUT2D eigenvalue weighted by Crippen LogP contribution is 2.23. The van der Waals surface area contributed by atoms with E-state index in [1.807, 2.05) is 18.2 Å². The molecule has 1 heterocycles. The molecule has 2 rings (SSSR count). The average molecular weight is 184 g/mol. The molecule has 0 aliphatic carbocycles. The van der Waals surface area contributed by atoms with Crippen LogP contribution < -0.4 is 10.7 Å². The predicted octanol–water partition coefficient (Wildman–Crippen LogP) is 1.47. The fraction of sp³-hybridized carbons (Fsp3) is 0. The first-order valence-electron chi connectivity index (χ1n) is 4.07. The van der Waals surface area contributed by atoms with Crippen LogP contribution in [0.1, 0.15) is 5.56 Å². The SMILES string of the molecule is C#Cc1ccc2nccc(ON)c2c1. The third-order valence-corrected chi connectivity index (χ3v) is 2.00. The zero-order valence-corrected chi connectivity index (χ0v) is 7.40. The van der Waals surface area contributed by atoms with Crippen LogP contribution in [-0.4, -0.2) is 4.98 Å². The highest BCUT2D eigenvalue weighted by atomic mass is 16.6. The summed E-state index contributed by atoms with van der Waals surface area (Å²) in [4.78, 5) is 8.88. The van der Waals surface area contributed by atoms with E-state index in [9.17, 15) is 0 Å². The van der Waals surface area contributed by atoms with Crippen molar-refractivity contribution in [3.8, 4) is 18.1 Å². The zero-order valence-electron chi connectivity index (χ0n) is 7.40. The van der Waals surface area contributed by atoms with E-state index >= 15 is 0 Å². The highest BCUT2D eigenvalue weighted by Gasteiger charge is 2.02. The molecule has 0 unspecified atom stereocenters. The maximum atomic E-state index is 5.29. The largest absolute Gasteiger partial charge is 0.411 e.